The third-order valence-corrected chi connectivity index (χ3v) is 6.94. The lowest BCUT2D eigenvalue weighted by atomic mass is 9.98. The monoisotopic (exact) mass is 478 g/mol. The van der Waals surface area contributed by atoms with Crippen LogP contribution in [0.3, 0.4) is 0 Å². The summed E-state index contributed by atoms with van der Waals surface area (Å²) in [5, 5.41) is 16.3. The van der Waals surface area contributed by atoms with Crippen LogP contribution in [0.25, 0.3) is 11.1 Å². The van der Waals surface area contributed by atoms with Crippen molar-refractivity contribution in [2.75, 3.05) is 6.61 Å². The van der Waals surface area contributed by atoms with Gasteiger partial charge in [-0.15, -0.1) is 11.3 Å². The maximum absolute atomic E-state index is 12.7. The minimum atomic E-state index is -1.24. The minimum absolute atomic E-state index is 0.0797. The third kappa shape index (κ3) is 5.12. The number of thiophene rings is 1. The Morgan fingerprint density at radius 1 is 1.03 bits per heavy atom. The number of benzene rings is 2. The highest BCUT2D eigenvalue weighted by molar-refractivity contribution is 7.10. The second kappa shape index (κ2) is 10.5. The molecule has 4 rings (SSSR count). The van der Waals surface area contributed by atoms with Crippen molar-refractivity contribution < 1.29 is 24.2 Å². The number of rotatable bonds is 9. The molecule has 0 spiro atoms. The van der Waals surface area contributed by atoms with Crippen LogP contribution in [-0.4, -0.2) is 35.7 Å². The molecule has 0 aliphatic heterocycles. The quantitative estimate of drug-likeness (QED) is 0.425. The molecule has 0 saturated heterocycles. The zero-order valence-corrected chi connectivity index (χ0v) is 19.6. The number of hydrogen-bond donors (Lipinski definition) is 3. The van der Waals surface area contributed by atoms with Crippen molar-refractivity contribution in [2.24, 2.45) is 0 Å². The molecular formula is C26H26N2O5S. The SMILES string of the molecule is CCc1ccsc1CNC(=O)C(CC(=O)O)NC(=O)OCC1c2ccccc2-c2ccccc21. The van der Waals surface area contributed by atoms with Crippen molar-refractivity contribution >= 4 is 29.3 Å². The molecule has 176 valence electrons. The Morgan fingerprint density at radius 2 is 1.68 bits per heavy atom. The van der Waals surface area contributed by atoms with E-state index in [4.69, 9.17) is 4.74 Å². The van der Waals surface area contributed by atoms with Gasteiger partial charge >= 0.3 is 12.1 Å². The van der Waals surface area contributed by atoms with Crippen LogP contribution < -0.4 is 10.6 Å². The van der Waals surface area contributed by atoms with E-state index in [1.165, 1.54) is 11.3 Å². The predicted octanol–water partition coefficient (Wildman–Crippen LogP) is 4.31. The van der Waals surface area contributed by atoms with E-state index >= 15 is 0 Å². The molecule has 3 aromatic rings. The van der Waals surface area contributed by atoms with Gasteiger partial charge in [0.25, 0.3) is 0 Å². The Bertz CT molecular complexity index is 1160. The van der Waals surface area contributed by atoms with Gasteiger partial charge in [-0.1, -0.05) is 55.5 Å². The van der Waals surface area contributed by atoms with Crippen LogP contribution in [0.4, 0.5) is 4.79 Å². The minimum Gasteiger partial charge on any atom is -0.481 e. The number of hydrogen-bond acceptors (Lipinski definition) is 5. The lowest BCUT2D eigenvalue weighted by molar-refractivity contribution is -0.139. The van der Waals surface area contributed by atoms with Gasteiger partial charge in [-0.3, -0.25) is 9.59 Å². The van der Waals surface area contributed by atoms with E-state index < -0.39 is 30.4 Å². The van der Waals surface area contributed by atoms with Gasteiger partial charge in [0, 0.05) is 10.8 Å². The number of aryl methyl sites for hydroxylation is 1. The molecule has 2 aromatic carbocycles. The van der Waals surface area contributed by atoms with Crippen molar-refractivity contribution in [3.05, 3.63) is 81.5 Å². The summed E-state index contributed by atoms with van der Waals surface area (Å²) in [6, 6.07) is 16.7. The van der Waals surface area contributed by atoms with Crippen LogP contribution in [-0.2, 0) is 27.3 Å². The number of carbonyl (C=O) groups is 3. The number of alkyl carbamates (subject to hydrolysis) is 1. The van der Waals surface area contributed by atoms with Crippen molar-refractivity contribution in [1.82, 2.24) is 10.6 Å². The molecular weight excluding hydrogens is 452 g/mol. The average Bonchev–Trinajstić information content (AvgIpc) is 3.42. The van der Waals surface area contributed by atoms with E-state index in [2.05, 4.69) is 10.6 Å². The zero-order valence-electron chi connectivity index (χ0n) is 18.7. The van der Waals surface area contributed by atoms with Gasteiger partial charge in [0.15, 0.2) is 0 Å². The molecule has 34 heavy (non-hydrogen) atoms. The fourth-order valence-corrected chi connectivity index (χ4v) is 5.21. The summed E-state index contributed by atoms with van der Waals surface area (Å²) in [7, 11) is 0. The van der Waals surface area contributed by atoms with Crippen LogP contribution in [0.5, 0.6) is 0 Å². The highest BCUT2D eigenvalue weighted by atomic mass is 32.1. The van der Waals surface area contributed by atoms with Gasteiger partial charge in [0.2, 0.25) is 5.91 Å². The molecule has 1 aromatic heterocycles. The summed E-state index contributed by atoms with van der Waals surface area (Å²) in [5.41, 5.74) is 5.48. The maximum Gasteiger partial charge on any atom is 0.407 e. The first-order chi connectivity index (χ1) is 16.5. The first-order valence-electron chi connectivity index (χ1n) is 11.1. The smallest absolute Gasteiger partial charge is 0.407 e. The third-order valence-electron chi connectivity index (χ3n) is 5.97. The summed E-state index contributed by atoms with van der Waals surface area (Å²) in [5.74, 6) is -1.88. The van der Waals surface area contributed by atoms with Gasteiger partial charge < -0.3 is 20.5 Å². The van der Waals surface area contributed by atoms with Crippen molar-refractivity contribution in [2.45, 2.75) is 38.3 Å². The number of carboxylic acid groups (broad SMARTS) is 1. The van der Waals surface area contributed by atoms with Crippen LogP contribution in [0.2, 0.25) is 0 Å². The first kappa shape index (κ1) is 23.5. The fourth-order valence-electron chi connectivity index (χ4n) is 4.29. The number of aliphatic carboxylic acids is 1. The first-order valence-corrected chi connectivity index (χ1v) is 12.0. The lowest BCUT2D eigenvalue weighted by Gasteiger charge is -2.18. The number of nitrogens with one attached hydrogen (secondary N) is 2. The van der Waals surface area contributed by atoms with E-state index in [0.29, 0.717) is 0 Å². The van der Waals surface area contributed by atoms with Crippen LogP contribution >= 0.6 is 11.3 Å². The molecule has 0 radical (unpaired) electrons. The number of carbonyl (C=O) groups excluding carboxylic acids is 2. The fraction of sp³-hybridized carbons (Fsp3) is 0.269. The van der Waals surface area contributed by atoms with Crippen molar-refractivity contribution in [1.29, 1.82) is 0 Å². The van der Waals surface area contributed by atoms with E-state index in [1.54, 1.807) is 0 Å². The van der Waals surface area contributed by atoms with E-state index in [-0.39, 0.29) is 19.1 Å². The molecule has 1 heterocycles. The second-order valence-corrected chi connectivity index (χ2v) is 9.06. The largest absolute Gasteiger partial charge is 0.481 e. The summed E-state index contributed by atoms with van der Waals surface area (Å²) in [4.78, 5) is 37.5. The Morgan fingerprint density at radius 3 is 2.29 bits per heavy atom. The van der Waals surface area contributed by atoms with Crippen molar-refractivity contribution in [3.63, 3.8) is 0 Å². The molecule has 0 bridgehead atoms. The number of fused-ring (bicyclic) bond motifs is 3. The Hall–Kier alpha value is -3.65. The summed E-state index contributed by atoms with van der Waals surface area (Å²) in [6.07, 6.45) is -0.527. The molecule has 1 aliphatic rings. The van der Waals surface area contributed by atoms with Gasteiger partial charge in [-0.2, -0.15) is 0 Å². The zero-order chi connectivity index (χ0) is 24.1. The van der Waals surface area contributed by atoms with E-state index in [1.807, 2.05) is 66.9 Å². The molecule has 3 N–H and O–H groups in total. The Labute approximate surface area is 201 Å². The van der Waals surface area contributed by atoms with Crippen LogP contribution in [0, 0.1) is 0 Å². The number of amides is 2. The molecule has 1 unspecified atom stereocenters. The lowest BCUT2D eigenvalue weighted by Crippen LogP contribution is -2.48. The normalized spacial score (nSPS) is 13.0. The molecule has 1 atom stereocenters. The second-order valence-electron chi connectivity index (χ2n) is 8.06. The van der Waals surface area contributed by atoms with Gasteiger partial charge in [-0.25, -0.2) is 4.79 Å². The van der Waals surface area contributed by atoms with Gasteiger partial charge in [0.05, 0.1) is 13.0 Å². The van der Waals surface area contributed by atoms with E-state index in [9.17, 15) is 19.5 Å². The van der Waals surface area contributed by atoms with Crippen LogP contribution in [0.1, 0.15) is 40.8 Å². The summed E-state index contributed by atoms with van der Waals surface area (Å²) in [6.45, 7) is 2.39. The van der Waals surface area contributed by atoms with Crippen molar-refractivity contribution in [3.8, 4) is 11.1 Å². The molecule has 0 saturated carbocycles. The maximum atomic E-state index is 12.7. The Balaban J connectivity index is 1.39. The van der Waals surface area contributed by atoms with Gasteiger partial charge in [-0.05, 0) is 45.7 Å². The van der Waals surface area contributed by atoms with Crippen LogP contribution in [0.15, 0.2) is 60.0 Å². The standard InChI is InChI=1S/C26H26N2O5S/c1-2-16-11-12-34-23(16)14-27-25(31)22(13-24(29)30)28-26(32)33-15-21-19-9-5-3-7-17(19)18-8-4-6-10-20(18)21/h3-12,21-22H,2,13-15H2,1H3,(H,27,31)(H,28,32)(H,29,30). The average molecular weight is 479 g/mol. The number of ether oxygens (including phenoxy) is 1. The number of carboxylic acids is 1. The molecule has 1 aliphatic carbocycles. The highest BCUT2D eigenvalue weighted by Gasteiger charge is 2.30. The molecule has 2 amide bonds. The molecule has 8 heteroatoms. The summed E-state index contributed by atoms with van der Waals surface area (Å²) >= 11 is 1.52. The molecule has 0 fully saturated rings. The van der Waals surface area contributed by atoms with Gasteiger partial charge in [0.1, 0.15) is 12.6 Å². The highest BCUT2D eigenvalue weighted by Crippen LogP contribution is 2.44. The topological polar surface area (TPSA) is 105 Å². The molecule has 7 nitrogen and oxygen atoms in total. The predicted molar refractivity (Wildman–Crippen MR) is 130 cm³/mol. The Kier molecular flexibility index (Phi) is 7.27. The summed E-state index contributed by atoms with van der Waals surface area (Å²) < 4.78 is 5.47. The van der Waals surface area contributed by atoms with E-state index in [0.717, 1.165) is 39.1 Å².